The monoisotopic (exact) mass is 788 g/mol. The Labute approximate surface area is 346 Å². The normalized spacial score (nSPS) is 12.1. The molecule has 4 N–H and O–H groups in total. The van der Waals surface area contributed by atoms with E-state index < -0.39 is 0 Å². The van der Waals surface area contributed by atoms with Gasteiger partial charge in [-0.15, -0.1) is 0 Å². The molecule has 4 aromatic carbocycles. The number of nitrogens with zero attached hydrogens (tertiary/aromatic N) is 6. The highest BCUT2D eigenvalue weighted by atomic mass is 16.3. The summed E-state index contributed by atoms with van der Waals surface area (Å²) in [6.45, 7) is 9.15. The molecule has 0 unspecified atom stereocenters. The van der Waals surface area contributed by atoms with Crippen LogP contribution in [0.2, 0.25) is 0 Å². The standard InChI is InChI=1S/C48H64N6O4/c55-45-23-5-1-19-41(45)37-49-27-9-13-31-53(32-14-10-28-50-38-42-20-2-6-24-46(42)56)35-17-18-36-54(33-15-11-29-51-39-43-21-3-7-25-47(43)57)34-16-12-30-52-40-44-22-4-8-26-48(44)58/h1-8,19-26,37-40,55-58H,9-18,27-36H2. The smallest absolute Gasteiger partial charge is 0.124 e. The Morgan fingerprint density at radius 3 is 0.741 bits per heavy atom. The lowest BCUT2D eigenvalue weighted by molar-refractivity contribution is 0.232. The van der Waals surface area contributed by atoms with E-state index in [1.807, 2.05) is 72.8 Å². The van der Waals surface area contributed by atoms with Crippen LogP contribution in [0.4, 0.5) is 0 Å². The molecule has 310 valence electrons. The summed E-state index contributed by atoms with van der Waals surface area (Å²) in [5.41, 5.74) is 3.00. The number of phenolic OH excluding ortho intramolecular Hbond substituents is 4. The van der Waals surface area contributed by atoms with Crippen LogP contribution in [0.15, 0.2) is 117 Å². The molecule has 0 aliphatic carbocycles. The minimum absolute atomic E-state index is 0.255. The summed E-state index contributed by atoms with van der Waals surface area (Å²) >= 11 is 0. The van der Waals surface area contributed by atoms with Crippen molar-refractivity contribution in [2.75, 3.05) is 65.4 Å². The molecule has 0 atom stereocenters. The van der Waals surface area contributed by atoms with Gasteiger partial charge in [0.1, 0.15) is 23.0 Å². The average Bonchev–Trinajstić information content (AvgIpc) is 3.23. The average molecular weight is 789 g/mol. The molecule has 4 aromatic rings. The maximum Gasteiger partial charge on any atom is 0.124 e. The molecule has 0 radical (unpaired) electrons. The van der Waals surface area contributed by atoms with Crippen LogP contribution < -0.4 is 0 Å². The third-order valence-electron chi connectivity index (χ3n) is 9.91. The summed E-state index contributed by atoms with van der Waals surface area (Å²) in [6.07, 6.45) is 17.5. The number of rotatable bonds is 29. The fourth-order valence-electron chi connectivity index (χ4n) is 6.53. The van der Waals surface area contributed by atoms with Crippen LogP contribution in [0.5, 0.6) is 23.0 Å². The molecule has 0 saturated carbocycles. The van der Waals surface area contributed by atoms with Crippen molar-refractivity contribution in [3.05, 3.63) is 119 Å². The van der Waals surface area contributed by atoms with Crippen LogP contribution >= 0.6 is 0 Å². The fourth-order valence-corrected chi connectivity index (χ4v) is 6.53. The molecule has 0 amide bonds. The number of unbranched alkanes of at least 4 members (excludes halogenated alkanes) is 5. The van der Waals surface area contributed by atoms with E-state index in [2.05, 4.69) is 29.8 Å². The minimum atomic E-state index is 0.255. The Morgan fingerprint density at radius 1 is 0.310 bits per heavy atom. The quantitative estimate of drug-likeness (QED) is 0.0321. The van der Waals surface area contributed by atoms with E-state index in [0.717, 1.165) is 152 Å². The zero-order valence-corrected chi connectivity index (χ0v) is 34.2. The van der Waals surface area contributed by atoms with E-state index in [0.29, 0.717) is 0 Å². The number of phenols is 4. The highest BCUT2D eigenvalue weighted by Crippen LogP contribution is 2.16. The van der Waals surface area contributed by atoms with Crippen molar-refractivity contribution in [1.29, 1.82) is 0 Å². The van der Waals surface area contributed by atoms with Gasteiger partial charge < -0.3 is 30.2 Å². The molecule has 0 heterocycles. The predicted octanol–water partition coefficient (Wildman–Crippen LogP) is 8.79. The predicted molar refractivity (Wildman–Crippen MR) is 241 cm³/mol. The van der Waals surface area contributed by atoms with Gasteiger partial charge in [-0.05, 0) is 152 Å². The zero-order chi connectivity index (χ0) is 40.9. The van der Waals surface area contributed by atoms with Crippen LogP contribution in [-0.2, 0) is 0 Å². The highest BCUT2D eigenvalue weighted by molar-refractivity contribution is 5.84. The second kappa shape index (κ2) is 28.1. The van der Waals surface area contributed by atoms with E-state index in [9.17, 15) is 20.4 Å². The van der Waals surface area contributed by atoms with Gasteiger partial charge in [0.05, 0.1) is 0 Å². The second-order valence-electron chi connectivity index (χ2n) is 14.6. The first-order valence-electron chi connectivity index (χ1n) is 21.1. The topological polar surface area (TPSA) is 137 Å². The van der Waals surface area contributed by atoms with Crippen LogP contribution in [0.1, 0.15) is 86.5 Å². The van der Waals surface area contributed by atoms with Crippen LogP contribution in [-0.4, -0.2) is 121 Å². The van der Waals surface area contributed by atoms with Crippen LogP contribution in [0.3, 0.4) is 0 Å². The fraction of sp³-hybridized carbons (Fsp3) is 0.417. The van der Waals surface area contributed by atoms with Gasteiger partial charge >= 0.3 is 0 Å². The molecule has 0 saturated heterocycles. The van der Waals surface area contributed by atoms with E-state index in [1.54, 1.807) is 49.1 Å². The summed E-state index contributed by atoms with van der Waals surface area (Å²) in [6, 6.07) is 29.1. The van der Waals surface area contributed by atoms with Crippen LogP contribution in [0, 0.1) is 0 Å². The first-order valence-corrected chi connectivity index (χ1v) is 21.1. The zero-order valence-electron chi connectivity index (χ0n) is 34.2. The molecular weight excluding hydrogens is 725 g/mol. The maximum absolute atomic E-state index is 10.0. The van der Waals surface area contributed by atoms with Crippen molar-refractivity contribution in [2.24, 2.45) is 20.0 Å². The number of aliphatic imine (C=N–C) groups is 4. The van der Waals surface area contributed by atoms with Gasteiger partial charge in [0.2, 0.25) is 0 Å². The van der Waals surface area contributed by atoms with Crippen molar-refractivity contribution in [1.82, 2.24) is 9.80 Å². The number of hydrogen-bond acceptors (Lipinski definition) is 10. The van der Waals surface area contributed by atoms with E-state index >= 15 is 0 Å². The summed E-state index contributed by atoms with van der Waals surface area (Å²) in [4.78, 5) is 23.4. The second-order valence-corrected chi connectivity index (χ2v) is 14.6. The van der Waals surface area contributed by atoms with Gasteiger partial charge in [0, 0.05) is 73.3 Å². The van der Waals surface area contributed by atoms with Gasteiger partial charge in [-0.2, -0.15) is 0 Å². The third-order valence-corrected chi connectivity index (χ3v) is 9.91. The Hall–Kier alpha value is -5.32. The summed E-state index contributed by atoms with van der Waals surface area (Å²) < 4.78 is 0. The van der Waals surface area contributed by atoms with Crippen molar-refractivity contribution in [2.45, 2.75) is 64.2 Å². The highest BCUT2D eigenvalue weighted by Gasteiger charge is 2.09. The molecule has 0 bridgehead atoms. The molecule has 0 fully saturated rings. The lowest BCUT2D eigenvalue weighted by Crippen LogP contribution is -2.30. The molecule has 0 aromatic heterocycles. The summed E-state index contributed by atoms with van der Waals surface area (Å²) in [5.74, 6) is 1.02. The number of benzene rings is 4. The molecular formula is C48H64N6O4. The molecule has 10 heteroatoms. The Balaban J connectivity index is 1.22. The largest absolute Gasteiger partial charge is 0.507 e. The first kappa shape index (κ1) is 45.4. The van der Waals surface area contributed by atoms with Crippen molar-refractivity contribution in [3.63, 3.8) is 0 Å². The van der Waals surface area contributed by atoms with Crippen molar-refractivity contribution in [3.8, 4) is 23.0 Å². The van der Waals surface area contributed by atoms with Crippen molar-refractivity contribution < 1.29 is 20.4 Å². The van der Waals surface area contributed by atoms with Gasteiger partial charge in [0.25, 0.3) is 0 Å². The number of hydrogen-bond donors (Lipinski definition) is 4. The van der Waals surface area contributed by atoms with Gasteiger partial charge in [-0.25, -0.2) is 0 Å². The Kier molecular flexibility index (Phi) is 22.0. The van der Waals surface area contributed by atoms with E-state index in [4.69, 9.17) is 0 Å². The van der Waals surface area contributed by atoms with Gasteiger partial charge in [-0.1, -0.05) is 48.5 Å². The summed E-state index contributed by atoms with van der Waals surface area (Å²) in [7, 11) is 0. The number of para-hydroxylation sites is 4. The molecule has 0 aliphatic rings. The first-order chi connectivity index (χ1) is 28.5. The lowest BCUT2D eigenvalue weighted by atomic mass is 10.2. The number of aromatic hydroxyl groups is 4. The lowest BCUT2D eigenvalue weighted by Gasteiger charge is -2.25. The SMILES string of the molecule is Oc1ccccc1C=NCCCCN(CCCCN=Cc1ccccc1O)CCCCN(CCCCN=Cc1ccccc1O)CCCCN=Cc1ccccc1O. The molecule has 10 nitrogen and oxygen atoms in total. The molecule has 4 rings (SSSR count). The molecule has 0 aliphatic heterocycles. The third kappa shape index (κ3) is 18.7. The maximum atomic E-state index is 10.0. The van der Waals surface area contributed by atoms with E-state index in [-0.39, 0.29) is 23.0 Å². The summed E-state index contributed by atoms with van der Waals surface area (Å²) in [5, 5.41) is 40.1. The molecule has 58 heavy (non-hydrogen) atoms. The van der Waals surface area contributed by atoms with Gasteiger partial charge in [-0.3, -0.25) is 20.0 Å². The van der Waals surface area contributed by atoms with Gasteiger partial charge in [0.15, 0.2) is 0 Å². The van der Waals surface area contributed by atoms with Crippen molar-refractivity contribution >= 4 is 24.9 Å². The van der Waals surface area contributed by atoms with E-state index in [1.165, 1.54) is 0 Å². The molecule has 0 spiro atoms. The Morgan fingerprint density at radius 2 is 0.517 bits per heavy atom. The van der Waals surface area contributed by atoms with Crippen LogP contribution in [0.25, 0.3) is 0 Å². The Bertz CT molecular complexity index is 1580. The minimum Gasteiger partial charge on any atom is -0.507 e.